The molecule has 6 heteroatoms. The molecule has 0 bridgehead atoms. The Morgan fingerprint density at radius 1 is 1.08 bits per heavy atom. The average molecular weight is 352 g/mol. The Hall–Kier alpha value is -3.25. The van der Waals surface area contributed by atoms with Crippen LogP contribution in [0.1, 0.15) is 11.1 Å². The minimum absolute atomic E-state index is 0.587. The number of hydrogen-bond donors (Lipinski definition) is 1. The summed E-state index contributed by atoms with van der Waals surface area (Å²) in [6.45, 7) is 0.707. The number of carbonyl (C=O) groups is 1. The highest BCUT2D eigenvalue weighted by atomic mass is 16.7. The van der Waals surface area contributed by atoms with E-state index in [-0.39, 0.29) is 0 Å². The van der Waals surface area contributed by atoms with E-state index in [1.54, 1.807) is 20.3 Å². The molecule has 0 unspecified atom stereocenters. The lowest BCUT2D eigenvalue weighted by molar-refractivity contribution is -0.138. The molecular formula is C20H20N2O4. The van der Waals surface area contributed by atoms with Crippen molar-refractivity contribution in [2.45, 2.75) is 6.54 Å². The zero-order chi connectivity index (χ0) is 18.5. The molecule has 2 N–H and O–H groups in total. The van der Waals surface area contributed by atoms with Gasteiger partial charge in [-0.3, -0.25) is 0 Å². The van der Waals surface area contributed by atoms with Gasteiger partial charge in [0, 0.05) is 29.7 Å². The molecule has 1 heterocycles. The Balaban J connectivity index is 1.85. The van der Waals surface area contributed by atoms with Gasteiger partial charge in [0.2, 0.25) is 0 Å². The Morgan fingerprint density at radius 2 is 1.88 bits per heavy atom. The first-order valence-electron chi connectivity index (χ1n) is 8.03. The van der Waals surface area contributed by atoms with E-state index >= 15 is 0 Å². The quantitative estimate of drug-likeness (QED) is 0.545. The van der Waals surface area contributed by atoms with E-state index in [4.69, 9.17) is 15.4 Å². The van der Waals surface area contributed by atoms with Crippen LogP contribution in [0.3, 0.4) is 0 Å². The number of hydrogen-bond acceptors (Lipinski definition) is 5. The molecular weight excluding hydrogens is 332 g/mol. The summed E-state index contributed by atoms with van der Waals surface area (Å²) in [5.41, 5.74) is 3.10. The van der Waals surface area contributed by atoms with Crippen LogP contribution < -0.4 is 15.4 Å². The first kappa shape index (κ1) is 17.6. The summed E-state index contributed by atoms with van der Waals surface area (Å²) in [7, 11) is 3.25. The molecule has 26 heavy (non-hydrogen) atoms. The van der Waals surface area contributed by atoms with Gasteiger partial charge >= 0.3 is 5.97 Å². The average Bonchev–Trinajstić information content (AvgIpc) is 3.07. The monoisotopic (exact) mass is 352 g/mol. The van der Waals surface area contributed by atoms with E-state index in [0.717, 1.165) is 22.0 Å². The largest absolute Gasteiger partial charge is 0.493 e. The van der Waals surface area contributed by atoms with Gasteiger partial charge in [0.1, 0.15) is 0 Å². The number of methoxy groups -OCH3 is 2. The van der Waals surface area contributed by atoms with Crippen LogP contribution in [-0.2, 0) is 16.2 Å². The van der Waals surface area contributed by atoms with Crippen molar-refractivity contribution in [3.8, 4) is 11.5 Å². The summed E-state index contributed by atoms with van der Waals surface area (Å²) in [4.78, 5) is 15.2. The lowest BCUT2D eigenvalue weighted by atomic mass is 10.1. The fourth-order valence-electron chi connectivity index (χ4n) is 2.84. The minimum Gasteiger partial charge on any atom is -0.493 e. The molecule has 134 valence electrons. The highest BCUT2D eigenvalue weighted by Gasteiger charge is 2.07. The highest BCUT2D eigenvalue weighted by Crippen LogP contribution is 2.28. The molecule has 0 fully saturated rings. The zero-order valence-corrected chi connectivity index (χ0v) is 14.6. The van der Waals surface area contributed by atoms with Gasteiger partial charge in [-0.15, -0.1) is 0 Å². The maximum atomic E-state index is 11.1. The van der Waals surface area contributed by atoms with Gasteiger partial charge in [-0.2, -0.15) is 5.90 Å². The van der Waals surface area contributed by atoms with Crippen LogP contribution in [0.4, 0.5) is 0 Å². The summed E-state index contributed by atoms with van der Waals surface area (Å²) in [5.74, 6) is 5.65. The van der Waals surface area contributed by atoms with Gasteiger partial charge < -0.3 is 18.9 Å². The van der Waals surface area contributed by atoms with Gasteiger partial charge in [0.05, 0.1) is 14.2 Å². The van der Waals surface area contributed by atoms with Crippen LogP contribution in [0.15, 0.2) is 54.7 Å². The van der Waals surface area contributed by atoms with Crippen molar-refractivity contribution in [1.29, 1.82) is 0 Å². The maximum Gasteiger partial charge on any atom is 0.349 e. The molecule has 0 amide bonds. The molecule has 0 aliphatic carbocycles. The van der Waals surface area contributed by atoms with Crippen molar-refractivity contribution in [3.63, 3.8) is 0 Å². The first-order valence-corrected chi connectivity index (χ1v) is 8.03. The van der Waals surface area contributed by atoms with Gasteiger partial charge in [-0.25, -0.2) is 4.79 Å². The number of fused-ring (bicyclic) bond motifs is 1. The standard InChI is InChI=1S/C20H20N2O4/c1-24-18-7-4-15(12-19(18)25-2)13-22-10-9-16-11-14(3-6-17(16)22)5-8-20(23)26-21/h3-12H,13,21H2,1-2H3/b8-5+. The van der Waals surface area contributed by atoms with Gasteiger partial charge in [-0.1, -0.05) is 12.1 Å². The van der Waals surface area contributed by atoms with Gasteiger partial charge in [-0.05, 0) is 47.5 Å². The molecule has 2 aromatic carbocycles. The Bertz CT molecular complexity index is 960. The molecule has 0 radical (unpaired) electrons. The summed E-state index contributed by atoms with van der Waals surface area (Å²) >= 11 is 0. The second-order valence-corrected chi connectivity index (χ2v) is 5.72. The van der Waals surface area contributed by atoms with Crippen LogP contribution in [-0.4, -0.2) is 24.8 Å². The molecule has 3 aromatic rings. The fraction of sp³-hybridized carbons (Fsp3) is 0.150. The first-order chi connectivity index (χ1) is 12.6. The SMILES string of the molecule is COc1ccc(Cn2ccc3cc(/C=C/C(=O)ON)ccc32)cc1OC. The predicted octanol–water partition coefficient (Wildman–Crippen LogP) is 3.14. The molecule has 0 saturated carbocycles. The van der Waals surface area contributed by atoms with Crippen molar-refractivity contribution < 1.29 is 19.1 Å². The highest BCUT2D eigenvalue weighted by molar-refractivity contribution is 5.89. The van der Waals surface area contributed by atoms with Crippen molar-refractivity contribution >= 4 is 22.9 Å². The molecule has 0 atom stereocenters. The third kappa shape index (κ3) is 3.70. The van der Waals surface area contributed by atoms with E-state index in [0.29, 0.717) is 18.0 Å². The second kappa shape index (κ2) is 7.76. The smallest absolute Gasteiger partial charge is 0.349 e. The maximum absolute atomic E-state index is 11.1. The van der Waals surface area contributed by atoms with Crippen LogP contribution in [0.25, 0.3) is 17.0 Å². The lowest BCUT2D eigenvalue weighted by Crippen LogP contribution is -2.05. The van der Waals surface area contributed by atoms with Crippen LogP contribution in [0.2, 0.25) is 0 Å². The van der Waals surface area contributed by atoms with Crippen molar-refractivity contribution in [2.75, 3.05) is 14.2 Å². The molecule has 6 nitrogen and oxygen atoms in total. The predicted molar refractivity (Wildman–Crippen MR) is 99.9 cm³/mol. The van der Waals surface area contributed by atoms with Crippen LogP contribution in [0.5, 0.6) is 11.5 Å². The summed E-state index contributed by atoms with van der Waals surface area (Å²) in [6, 6.07) is 13.9. The number of aromatic nitrogens is 1. The molecule has 0 saturated heterocycles. The topological polar surface area (TPSA) is 75.7 Å². The number of ether oxygens (including phenoxy) is 2. The van der Waals surface area contributed by atoms with E-state index in [2.05, 4.69) is 9.40 Å². The molecule has 0 aliphatic heterocycles. The molecule has 1 aromatic heterocycles. The van der Waals surface area contributed by atoms with Gasteiger partial charge in [0.25, 0.3) is 0 Å². The van der Waals surface area contributed by atoms with Crippen molar-refractivity contribution in [3.05, 3.63) is 65.9 Å². The van der Waals surface area contributed by atoms with E-state index in [1.807, 2.05) is 48.7 Å². The minimum atomic E-state index is -0.587. The van der Waals surface area contributed by atoms with Crippen molar-refractivity contribution in [2.24, 2.45) is 5.90 Å². The van der Waals surface area contributed by atoms with E-state index < -0.39 is 5.97 Å². The third-order valence-corrected chi connectivity index (χ3v) is 4.12. The van der Waals surface area contributed by atoms with E-state index in [1.165, 1.54) is 6.08 Å². The lowest BCUT2D eigenvalue weighted by Gasteiger charge is -2.11. The second-order valence-electron chi connectivity index (χ2n) is 5.72. The summed E-state index contributed by atoms with van der Waals surface area (Å²) in [5, 5.41) is 1.08. The third-order valence-electron chi connectivity index (χ3n) is 4.12. The van der Waals surface area contributed by atoms with Crippen molar-refractivity contribution in [1.82, 2.24) is 4.57 Å². The Labute approximate surface area is 151 Å². The molecule has 3 rings (SSSR count). The number of benzene rings is 2. The Kier molecular flexibility index (Phi) is 5.24. The number of rotatable bonds is 6. The van der Waals surface area contributed by atoms with Crippen LogP contribution >= 0.6 is 0 Å². The number of carbonyl (C=O) groups excluding carboxylic acids is 1. The van der Waals surface area contributed by atoms with Crippen LogP contribution in [0, 0.1) is 0 Å². The molecule has 0 spiro atoms. The Morgan fingerprint density at radius 3 is 2.62 bits per heavy atom. The normalized spacial score (nSPS) is 11.0. The number of nitrogens with two attached hydrogens (primary N) is 1. The zero-order valence-electron chi connectivity index (χ0n) is 14.6. The number of nitrogens with zero attached hydrogens (tertiary/aromatic N) is 1. The fourth-order valence-corrected chi connectivity index (χ4v) is 2.84. The van der Waals surface area contributed by atoms with E-state index in [9.17, 15) is 4.79 Å². The summed E-state index contributed by atoms with van der Waals surface area (Å²) < 4.78 is 12.8. The van der Waals surface area contributed by atoms with Gasteiger partial charge in [0.15, 0.2) is 11.5 Å². The summed E-state index contributed by atoms with van der Waals surface area (Å²) in [6.07, 6.45) is 4.99. The molecule has 0 aliphatic rings.